The first-order chi connectivity index (χ1) is 10.3. The number of nitrogens with one attached hydrogen (secondary N) is 2. The van der Waals surface area contributed by atoms with Gasteiger partial charge in [-0.3, -0.25) is 9.67 Å². The van der Waals surface area contributed by atoms with Crippen LogP contribution in [0.4, 0.5) is 0 Å². The predicted molar refractivity (Wildman–Crippen MR) is 85.4 cm³/mol. The van der Waals surface area contributed by atoms with Gasteiger partial charge in [0, 0.05) is 51.8 Å². The monoisotopic (exact) mass is 288 g/mol. The fraction of sp³-hybridized carbons (Fsp3) is 0.467. The van der Waals surface area contributed by atoms with Crippen molar-refractivity contribution in [2.75, 3.05) is 20.1 Å². The normalized spacial score (nSPS) is 11.6. The van der Waals surface area contributed by atoms with E-state index in [1.165, 1.54) is 5.56 Å². The third-order valence-corrected chi connectivity index (χ3v) is 3.17. The molecule has 0 fully saturated rings. The molecule has 0 unspecified atom stereocenters. The van der Waals surface area contributed by atoms with E-state index in [2.05, 4.69) is 50.8 Å². The maximum absolute atomic E-state index is 4.27. The Hall–Kier alpha value is -2.24. The quantitative estimate of drug-likeness (QED) is 0.458. The highest BCUT2D eigenvalue weighted by Gasteiger charge is 1.98. The third-order valence-electron chi connectivity index (χ3n) is 3.17. The van der Waals surface area contributed by atoms with Gasteiger partial charge in [0.25, 0.3) is 0 Å². The predicted octanol–water partition coefficient (Wildman–Crippen LogP) is 1.25. The van der Waals surface area contributed by atoms with Crippen molar-refractivity contribution in [3.63, 3.8) is 0 Å². The molecule has 6 nitrogen and oxygen atoms in total. The molecule has 114 valence electrons. The fourth-order valence-electron chi connectivity index (χ4n) is 2.08. The van der Waals surface area contributed by atoms with Gasteiger partial charge in [-0.1, -0.05) is 0 Å². The number of aryl methyl sites for hydroxylation is 2. The van der Waals surface area contributed by atoms with Crippen LogP contribution in [0.1, 0.15) is 12.0 Å². The van der Waals surface area contributed by atoms with E-state index in [9.17, 15) is 0 Å². The van der Waals surface area contributed by atoms with Crippen LogP contribution in [-0.2, 0) is 13.1 Å². The second-order valence-electron chi connectivity index (χ2n) is 4.98. The number of aliphatic imine (C=N–C) groups is 1. The number of hydrogen-bond donors (Lipinski definition) is 2. The van der Waals surface area contributed by atoms with E-state index in [0.717, 1.165) is 38.6 Å². The van der Waals surface area contributed by atoms with Crippen molar-refractivity contribution in [1.29, 1.82) is 0 Å². The summed E-state index contributed by atoms with van der Waals surface area (Å²) in [5, 5.41) is 10.9. The second-order valence-corrected chi connectivity index (χ2v) is 4.98. The lowest BCUT2D eigenvalue weighted by Gasteiger charge is -2.12. The van der Waals surface area contributed by atoms with Crippen LogP contribution in [0.2, 0.25) is 0 Å². The minimum Gasteiger partial charge on any atom is -0.356 e. The van der Waals surface area contributed by atoms with Crippen molar-refractivity contribution in [1.82, 2.24) is 25.0 Å². The molecule has 2 rings (SSSR count). The Balaban J connectivity index is 1.59. The van der Waals surface area contributed by atoms with Crippen LogP contribution in [0.3, 0.4) is 0 Å². The van der Waals surface area contributed by atoms with Crippen LogP contribution >= 0.6 is 0 Å². The number of guanidine groups is 1. The maximum atomic E-state index is 4.27. The molecule has 0 saturated heterocycles. The average molecular weight is 288 g/mol. The van der Waals surface area contributed by atoms with Crippen LogP contribution < -0.4 is 10.6 Å². The Labute approximate surface area is 125 Å². The second kappa shape index (κ2) is 8.14. The van der Waals surface area contributed by atoms with Gasteiger partial charge in [0.15, 0.2) is 5.96 Å². The summed E-state index contributed by atoms with van der Waals surface area (Å²) in [5.74, 6) is 0.846. The van der Waals surface area contributed by atoms with E-state index >= 15 is 0 Å². The van der Waals surface area contributed by atoms with E-state index in [-0.39, 0.29) is 0 Å². The molecule has 0 atom stereocenters. The molecule has 2 aromatic heterocycles. The van der Waals surface area contributed by atoms with Crippen LogP contribution in [0.5, 0.6) is 0 Å². The van der Waals surface area contributed by atoms with Gasteiger partial charge in [0.2, 0.25) is 0 Å². The summed E-state index contributed by atoms with van der Waals surface area (Å²) in [6, 6.07) is 4.06. The van der Waals surface area contributed by atoms with Gasteiger partial charge in [-0.25, -0.2) is 0 Å². The lowest BCUT2D eigenvalue weighted by atomic mass is 10.4. The highest BCUT2D eigenvalue weighted by molar-refractivity contribution is 5.79. The average Bonchev–Trinajstić information content (AvgIpc) is 3.13. The number of aromatic nitrogens is 3. The van der Waals surface area contributed by atoms with Gasteiger partial charge in [-0.2, -0.15) is 5.10 Å². The Bertz CT molecular complexity index is 540. The van der Waals surface area contributed by atoms with E-state index in [4.69, 9.17) is 0 Å². The SMILES string of the molecule is CN=C(NCCCn1cc(C)cn1)NCCn1cccc1. The molecule has 2 N–H and O–H groups in total. The molecule has 6 heteroatoms. The van der Waals surface area contributed by atoms with Gasteiger partial charge >= 0.3 is 0 Å². The fourth-order valence-corrected chi connectivity index (χ4v) is 2.08. The maximum Gasteiger partial charge on any atom is 0.191 e. The Kier molecular flexibility index (Phi) is 5.87. The molecule has 0 spiro atoms. The minimum atomic E-state index is 0.846. The zero-order valence-electron chi connectivity index (χ0n) is 12.8. The number of nitrogens with zero attached hydrogens (tertiary/aromatic N) is 4. The Morgan fingerprint density at radius 1 is 1.19 bits per heavy atom. The zero-order valence-corrected chi connectivity index (χ0v) is 12.8. The molecular formula is C15H24N6. The van der Waals surface area contributed by atoms with Crippen molar-refractivity contribution in [3.05, 3.63) is 42.5 Å². The Morgan fingerprint density at radius 3 is 2.62 bits per heavy atom. The molecule has 0 aromatic carbocycles. The molecule has 0 saturated carbocycles. The Morgan fingerprint density at radius 2 is 1.95 bits per heavy atom. The summed E-state index contributed by atoms with van der Waals surface area (Å²) >= 11 is 0. The van der Waals surface area contributed by atoms with Crippen molar-refractivity contribution >= 4 is 5.96 Å². The molecular weight excluding hydrogens is 264 g/mol. The van der Waals surface area contributed by atoms with E-state index in [1.807, 2.05) is 23.0 Å². The minimum absolute atomic E-state index is 0.846. The summed E-state index contributed by atoms with van der Waals surface area (Å²) < 4.78 is 4.11. The molecule has 21 heavy (non-hydrogen) atoms. The van der Waals surface area contributed by atoms with E-state index < -0.39 is 0 Å². The number of rotatable bonds is 7. The van der Waals surface area contributed by atoms with E-state index in [0.29, 0.717) is 0 Å². The first-order valence-corrected chi connectivity index (χ1v) is 7.32. The molecule has 0 aliphatic rings. The van der Waals surface area contributed by atoms with Crippen molar-refractivity contribution in [2.45, 2.75) is 26.4 Å². The molecule has 0 radical (unpaired) electrons. The standard InChI is InChI=1S/C15H24N6/c1-14-12-19-21(13-14)10-5-6-17-15(16-2)18-7-11-20-8-3-4-9-20/h3-4,8-9,12-13H,5-7,10-11H2,1-2H3,(H2,16,17,18). The van der Waals surface area contributed by atoms with Crippen LogP contribution in [0, 0.1) is 6.92 Å². The molecule has 2 heterocycles. The number of hydrogen-bond acceptors (Lipinski definition) is 2. The highest BCUT2D eigenvalue weighted by atomic mass is 15.3. The van der Waals surface area contributed by atoms with Crippen LogP contribution in [0.15, 0.2) is 41.9 Å². The lowest BCUT2D eigenvalue weighted by Crippen LogP contribution is -2.39. The van der Waals surface area contributed by atoms with Crippen molar-refractivity contribution in [3.8, 4) is 0 Å². The molecule has 0 bridgehead atoms. The molecule has 0 aliphatic carbocycles. The van der Waals surface area contributed by atoms with Gasteiger partial charge in [0.05, 0.1) is 6.20 Å². The smallest absolute Gasteiger partial charge is 0.191 e. The lowest BCUT2D eigenvalue weighted by molar-refractivity contribution is 0.568. The van der Waals surface area contributed by atoms with Crippen LogP contribution in [-0.4, -0.2) is 40.4 Å². The largest absolute Gasteiger partial charge is 0.356 e. The summed E-state index contributed by atoms with van der Waals surface area (Å²) in [4.78, 5) is 4.22. The van der Waals surface area contributed by atoms with Gasteiger partial charge < -0.3 is 15.2 Å². The van der Waals surface area contributed by atoms with Gasteiger partial charge in [0.1, 0.15) is 0 Å². The van der Waals surface area contributed by atoms with Gasteiger partial charge in [-0.05, 0) is 31.0 Å². The van der Waals surface area contributed by atoms with Crippen LogP contribution in [0.25, 0.3) is 0 Å². The van der Waals surface area contributed by atoms with Gasteiger partial charge in [-0.15, -0.1) is 0 Å². The van der Waals surface area contributed by atoms with Crippen molar-refractivity contribution < 1.29 is 0 Å². The zero-order chi connectivity index (χ0) is 14.9. The molecule has 0 aliphatic heterocycles. The highest BCUT2D eigenvalue weighted by Crippen LogP contribution is 1.95. The first-order valence-electron chi connectivity index (χ1n) is 7.32. The third kappa shape index (κ3) is 5.33. The summed E-state index contributed by atoms with van der Waals surface area (Å²) in [6.07, 6.45) is 9.08. The van der Waals surface area contributed by atoms with Crippen molar-refractivity contribution in [2.24, 2.45) is 4.99 Å². The topological polar surface area (TPSA) is 59.2 Å². The van der Waals surface area contributed by atoms with E-state index in [1.54, 1.807) is 7.05 Å². The molecule has 2 aromatic rings. The summed E-state index contributed by atoms with van der Waals surface area (Å²) in [5.41, 5.74) is 1.20. The summed E-state index contributed by atoms with van der Waals surface area (Å²) in [7, 11) is 1.79. The molecule has 0 amide bonds. The first kappa shape index (κ1) is 15.2. The summed E-state index contributed by atoms with van der Waals surface area (Å²) in [6.45, 7) is 5.63.